The first-order valence-corrected chi connectivity index (χ1v) is 11.5. The van der Waals surface area contributed by atoms with Crippen molar-refractivity contribution in [2.75, 3.05) is 39.4 Å². The summed E-state index contributed by atoms with van der Waals surface area (Å²) < 4.78 is 25.1. The third kappa shape index (κ3) is 3.96. The van der Waals surface area contributed by atoms with Crippen LogP contribution in [0.2, 0.25) is 0 Å². The highest BCUT2D eigenvalue weighted by Crippen LogP contribution is 2.38. The Bertz CT molecular complexity index is 1260. The van der Waals surface area contributed by atoms with Crippen molar-refractivity contribution >= 4 is 16.9 Å². The van der Waals surface area contributed by atoms with Crippen molar-refractivity contribution in [1.82, 2.24) is 4.90 Å². The summed E-state index contributed by atoms with van der Waals surface area (Å²) in [7, 11) is 0. The zero-order chi connectivity index (χ0) is 23.1. The topological polar surface area (TPSA) is 64.2 Å². The summed E-state index contributed by atoms with van der Waals surface area (Å²) in [5, 5.41) is 0.469. The summed E-state index contributed by atoms with van der Waals surface area (Å²) in [6, 6.07) is 9.08. The summed E-state index contributed by atoms with van der Waals surface area (Å²) >= 11 is 0. The molecule has 172 valence electrons. The van der Waals surface area contributed by atoms with Crippen LogP contribution in [0.5, 0.6) is 0 Å². The largest absolute Gasteiger partial charge is 0.450 e. The molecule has 0 unspecified atom stereocenters. The van der Waals surface area contributed by atoms with Crippen molar-refractivity contribution in [2.45, 2.75) is 26.3 Å². The van der Waals surface area contributed by atoms with Crippen molar-refractivity contribution in [1.29, 1.82) is 0 Å². The predicted octanol–water partition coefficient (Wildman–Crippen LogP) is 2.40. The van der Waals surface area contributed by atoms with Gasteiger partial charge >= 0.3 is 0 Å². The molecule has 1 aromatic heterocycles. The van der Waals surface area contributed by atoms with Gasteiger partial charge < -0.3 is 19.0 Å². The molecule has 3 heterocycles. The number of rotatable bonds is 5. The smallest absolute Gasteiger partial charge is 0.290 e. The number of hydrogen-bond donors (Lipinski definition) is 1. The van der Waals surface area contributed by atoms with E-state index in [9.17, 15) is 14.0 Å². The molecule has 0 saturated carbocycles. The minimum atomic E-state index is -0.588. The molecule has 1 N–H and O–H groups in total. The third-order valence-corrected chi connectivity index (χ3v) is 6.90. The Kier molecular flexibility index (Phi) is 5.76. The molecule has 1 atom stereocenters. The number of hydrogen-bond acceptors (Lipinski definition) is 4. The highest BCUT2D eigenvalue weighted by atomic mass is 19.1. The van der Waals surface area contributed by atoms with Crippen molar-refractivity contribution in [2.24, 2.45) is 0 Å². The van der Waals surface area contributed by atoms with Crippen LogP contribution in [0.1, 0.15) is 45.3 Å². The number of quaternary nitrogens is 1. The van der Waals surface area contributed by atoms with E-state index in [2.05, 4.69) is 0 Å². The highest BCUT2D eigenvalue weighted by molar-refractivity contribution is 5.99. The monoisotopic (exact) mass is 451 g/mol. The van der Waals surface area contributed by atoms with Crippen LogP contribution in [0, 0.1) is 19.7 Å². The Morgan fingerprint density at radius 1 is 1.06 bits per heavy atom. The first-order valence-electron chi connectivity index (χ1n) is 11.5. The van der Waals surface area contributed by atoms with E-state index in [4.69, 9.17) is 9.15 Å². The van der Waals surface area contributed by atoms with Crippen molar-refractivity contribution in [3.8, 4) is 0 Å². The van der Waals surface area contributed by atoms with E-state index < -0.39 is 6.04 Å². The molecule has 0 bridgehead atoms. The lowest BCUT2D eigenvalue weighted by molar-refractivity contribution is -0.908. The Morgan fingerprint density at radius 2 is 1.76 bits per heavy atom. The fraction of sp³-hybridized carbons (Fsp3) is 0.385. The van der Waals surface area contributed by atoms with Gasteiger partial charge in [0.15, 0.2) is 5.43 Å². The van der Waals surface area contributed by atoms with Gasteiger partial charge in [0.05, 0.1) is 36.8 Å². The quantitative estimate of drug-likeness (QED) is 0.647. The predicted molar refractivity (Wildman–Crippen MR) is 122 cm³/mol. The van der Waals surface area contributed by atoms with Gasteiger partial charge in [0, 0.05) is 13.0 Å². The molecule has 2 aliphatic heterocycles. The number of nitrogens with zero attached hydrogens (tertiary/aromatic N) is 1. The normalized spacial score (nSPS) is 18.8. The van der Waals surface area contributed by atoms with Crippen LogP contribution in [0.25, 0.3) is 11.0 Å². The maximum Gasteiger partial charge on any atom is 0.290 e. The molecule has 1 saturated heterocycles. The number of fused-ring (bicyclic) bond motifs is 2. The lowest BCUT2D eigenvalue weighted by Gasteiger charge is -2.27. The zero-order valence-electron chi connectivity index (χ0n) is 18.9. The van der Waals surface area contributed by atoms with E-state index in [1.54, 1.807) is 17.0 Å². The SMILES string of the molecule is Cc1cc2oc3c(c(=O)c2cc1C)[C@H](c1ccc(F)cc1)N(CCC[NH+]1CCOCC1)C3=O. The van der Waals surface area contributed by atoms with Crippen LogP contribution in [-0.2, 0) is 4.74 Å². The summed E-state index contributed by atoms with van der Waals surface area (Å²) in [5.41, 5.74) is 3.27. The van der Waals surface area contributed by atoms with Gasteiger partial charge in [0.1, 0.15) is 24.5 Å². The molecular weight excluding hydrogens is 423 g/mol. The van der Waals surface area contributed by atoms with Gasteiger partial charge in [-0.25, -0.2) is 4.39 Å². The first kappa shape index (κ1) is 21.8. The van der Waals surface area contributed by atoms with Crippen LogP contribution in [0.3, 0.4) is 0 Å². The maximum atomic E-state index is 13.6. The van der Waals surface area contributed by atoms with Crippen LogP contribution >= 0.6 is 0 Å². The summed E-state index contributed by atoms with van der Waals surface area (Å²) in [4.78, 5) is 30.2. The number of morpholine rings is 1. The van der Waals surface area contributed by atoms with Gasteiger partial charge in [-0.15, -0.1) is 0 Å². The molecule has 2 aromatic carbocycles. The second kappa shape index (κ2) is 8.72. The van der Waals surface area contributed by atoms with Crippen LogP contribution in [-0.4, -0.2) is 50.2 Å². The number of amides is 1. The lowest BCUT2D eigenvalue weighted by Crippen LogP contribution is -3.14. The Morgan fingerprint density at radius 3 is 2.48 bits per heavy atom. The van der Waals surface area contributed by atoms with Crippen molar-refractivity contribution in [3.05, 3.63) is 80.5 Å². The molecule has 2 aliphatic rings. The number of ether oxygens (including phenoxy) is 1. The molecule has 33 heavy (non-hydrogen) atoms. The van der Waals surface area contributed by atoms with E-state index in [1.807, 2.05) is 26.0 Å². The summed E-state index contributed by atoms with van der Waals surface area (Å²) in [5.74, 6) is -0.542. The van der Waals surface area contributed by atoms with Gasteiger partial charge in [-0.1, -0.05) is 12.1 Å². The summed E-state index contributed by atoms with van der Waals surface area (Å²) in [6.07, 6.45) is 0.790. The second-order valence-corrected chi connectivity index (χ2v) is 9.03. The number of aryl methyl sites for hydroxylation is 2. The Hall–Kier alpha value is -3.03. The molecule has 1 amide bonds. The molecule has 6 nitrogen and oxygen atoms in total. The number of halogens is 1. The Balaban J connectivity index is 1.55. The number of benzene rings is 2. The van der Waals surface area contributed by atoms with E-state index in [1.165, 1.54) is 17.0 Å². The average molecular weight is 452 g/mol. The minimum Gasteiger partial charge on any atom is -0.450 e. The molecule has 3 aromatic rings. The summed E-state index contributed by atoms with van der Waals surface area (Å²) in [6.45, 7) is 8.73. The van der Waals surface area contributed by atoms with Gasteiger partial charge in [0.2, 0.25) is 5.76 Å². The first-order chi connectivity index (χ1) is 15.9. The number of carbonyl (C=O) groups excluding carboxylic acids is 1. The van der Waals surface area contributed by atoms with Crippen LogP contribution in [0.4, 0.5) is 4.39 Å². The van der Waals surface area contributed by atoms with E-state index >= 15 is 0 Å². The van der Waals surface area contributed by atoms with Crippen LogP contribution < -0.4 is 10.3 Å². The standard InChI is InChI=1S/C26H27FN2O4/c1-16-14-20-21(15-17(16)2)33-25-22(24(20)30)23(18-4-6-19(27)7-5-18)29(26(25)31)9-3-8-28-10-12-32-13-11-28/h4-7,14-15,23H,3,8-13H2,1-2H3/p+1/t23-/m0/s1. The lowest BCUT2D eigenvalue weighted by atomic mass is 9.97. The molecule has 7 heteroatoms. The minimum absolute atomic E-state index is 0.101. The second-order valence-electron chi connectivity index (χ2n) is 9.03. The third-order valence-electron chi connectivity index (χ3n) is 6.90. The molecular formula is C26H28FN2O4+. The molecule has 0 aliphatic carbocycles. The molecule has 5 rings (SSSR count). The van der Waals surface area contributed by atoms with E-state index in [-0.39, 0.29) is 22.9 Å². The zero-order valence-corrected chi connectivity index (χ0v) is 18.9. The fourth-order valence-electron chi connectivity index (χ4n) is 4.91. The van der Waals surface area contributed by atoms with E-state index in [0.717, 1.165) is 50.4 Å². The van der Waals surface area contributed by atoms with Gasteiger partial charge in [-0.05, 0) is 54.8 Å². The molecule has 0 spiro atoms. The highest BCUT2D eigenvalue weighted by Gasteiger charge is 2.42. The van der Waals surface area contributed by atoms with Crippen LogP contribution in [0.15, 0.2) is 45.6 Å². The van der Waals surface area contributed by atoms with E-state index in [0.29, 0.717) is 28.6 Å². The molecule has 1 fully saturated rings. The molecule has 0 radical (unpaired) electrons. The van der Waals surface area contributed by atoms with Crippen molar-refractivity contribution in [3.63, 3.8) is 0 Å². The van der Waals surface area contributed by atoms with Crippen molar-refractivity contribution < 1.29 is 23.2 Å². The van der Waals surface area contributed by atoms with Gasteiger partial charge in [-0.2, -0.15) is 0 Å². The number of nitrogens with one attached hydrogen (secondary N) is 1. The number of carbonyl (C=O) groups is 1. The fourth-order valence-corrected chi connectivity index (χ4v) is 4.91. The van der Waals surface area contributed by atoms with Gasteiger partial charge in [-0.3, -0.25) is 9.59 Å². The average Bonchev–Trinajstić information content (AvgIpc) is 3.09. The Labute approximate surface area is 191 Å². The maximum absolute atomic E-state index is 13.6. The van der Waals surface area contributed by atoms with Gasteiger partial charge in [0.25, 0.3) is 5.91 Å².